The van der Waals surface area contributed by atoms with Crippen LogP contribution in [0, 0.1) is 11.8 Å². The molecule has 1 aromatic heterocycles. The Bertz CT molecular complexity index is 707. The monoisotopic (exact) mass is 345 g/mol. The summed E-state index contributed by atoms with van der Waals surface area (Å²) in [6, 6.07) is 0.310. The second-order valence-corrected chi connectivity index (χ2v) is 7.74. The van der Waals surface area contributed by atoms with E-state index >= 15 is 0 Å². The standard InChI is InChI=1S/C17H23N5O3/c23-16(18-12-1-2-12)15-20-19-14-13-8-21(7-10(13)3-5-22(14)15)17(24)11-4-6-25-9-11/h10-13H,1-9H2,(H,18,23)/t10-,11?,13-/m1/s1. The summed E-state index contributed by atoms with van der Waals surface area (Å²) in [4.78, 5) is 27.0. The summed E-state index contributed by atoms with van der Waals surface area (Å²) >= 11 is 0. The zero-order valence-electron chi connectivity index (χ0n) is 14.2. The normalized spacial score (nSPS) is 30.9. The van der Waals surface area contributed by atoms with E-state index in [1.165, 1.54) is 0 Å². The van der Waals surface area contributed by atoms with E-state index in [4.69, 9.17) is 4.74 Å². The highest BCUT2D eigenvalue weighted by molar-refractivity contribution is 5.91. The van der Waals surface area contributed by atoms with Crippen LogP contribution in [-0.4, -0.2) is 63.8 Å². The molecule has 1 aliphatic carbocycles. The smallest absolute Gasteiger partial charge is 0.289 e. The lowest BCUT2D eigenvalue weighted by Gasteiger charge is -2.24. The number of aromatic nitrogens is 3. The van der Waals surface area contributed by atoms with Crippen molar-refractivity contribution < 1.29 is 14.3 Å². The predicted octanol–water partition coefficient (Wildman–Crippen LogP) is 0.153. The minimum absolute atomic E-state index is 0.0119. The highest BCUT2D eigenvalue weighted by Gasteiger charge is 2.44. The molecule has 2 saturated heterocycles. The van der Waals surface area contributed by atoms with Crippen LogP contribution in [0.1, 0.15) is 48.0 Å². The van der Waals surface area contributed by atoms with Crippen molar-refractivity contribution in [3.05, 3.63) is 11.6 Å². The molecule has 4 heterocycles. The van der Waals surface area contributed by atoms with E-state index in [0.717, 1.165) is 44.6 Å². The molecule has 5 rings (SSSR count). The Labute approximate surface area is 145 Å². The van der Waals surface area contributed by atoms with Crippen LogP contribution in [0.25, 0.3) is 0 Å². The van der Waals surface area contributed by atoms with E-state index in [2.05, 4.69) is 15.5 Å². The van der Waals surface area contributed by atoms with Gasteiger partial charge in [0.05, 0.1) is 12.5 Å². The van der Waals surface area contributed by atoms with Gasteiger partial charge in [0.15, 0.2) is 0 Å². The molecular weight excluding hydrogens is 322 g/mol. The molecule has 3 aliphatic heterocycles. The van der Waals surface area contributed by atoms with Gasteiger partial charge in [-0.25, -0.2) is 0 Å². The first kappa shape index (κ1) is 15.3. The number of fused-ring (bicyclic) bond motifs is 3. The first-order valence-corrected chi connectivity index (χ1v) is 9.31. The van der Waals surface area contributed by atoms with Crippen LogP contribution in [0.4, 0.5) is 0 Å². The molecule has 1 unspecified atom stereocenters. The van der Waals surface area contributed by atoms with Gasteiger partial charge in [-0.15, -0.1) is 10.2 Å². The molecule has 1 saturated carbocycles. The minimum atomic E-state index is -0.117. The number of amides is 2. The molecule has 2 amide bonds. The maximum Gasteiger partial charge on any atom is 0.289 e. The van der Waals surface area contributed by atoms with Crippen LogP contribution in [0.15, 0.2) is 0 Å². The van der Waals surface area contributed by atoms with Gasteiger partial charge in [-0.05, 0) is 31.6 Å². The Kier molecular flexibility index (Phi) is 3.55. The molecule has 3 fully saturated rings. The summed E-state index contributed by atoms with van der Waals surface area (Å²) in [6.07, 6.45) is 3.90. The number of rotatable bonds is 3. The first-order chi connectivity index (χ1) is 12.2. The lowest BCUT2D eigenvalue weighted by atomic mass is 9.89. The topological polar surface area (TPSA) is 89.4 Å². The molecule has 1 N–H and O–H groups in total. The lowest BCUT2D eigenvalue weighted by molar-refractivity contribution is -0.134. The summed E-state index contributed by atoms with van der Waals surface area (Å²) in [5.41, 5.74) is 0. The van der Waals surface area contributed by atoms with Crippen LogP contribution >= 0.6 is 0 Å². The van der Waals surface area contributed by atoms with Crippen LogP contribution < -0.4 is 5.32 Å². The maximum absolute atomic E-state index is 12.7. The van der Waals surface area contributed by atoms with Gasteiger partial charge in [0.1, 0.15) is 5.82 Å². The molecule has 134 valence electrons. The Morgan fingerprint density at radius 2 is 2.00 bits per heavy atom. The second kappa shape index (κ2) is 5.79. The van der Waals surface area contributed by atoms with Gasteiger partial charge < -0.3 is 19.5 Å². The molecule has 1 aromatic rings. The predicted molar refractivity (Wildman–Crippen MR) is 86.9 cm³/mol. The van der Waals surface area contributed by atoms with Crippen LogP contribution in [0.5, 0.6) is 0 Å². The molecule has 0 radical (unpaired) electrons. The number of hydrogen-bond donors (Lipinski definition) is 1. The zero-order valence-corrected chi connectivity index (χ0v) is 14.2. The second-order valence-electron chi connectivity index (χ2n) is 7.74. The average Bonchev–Trinajstić information content (AvgIpc) is 3.08. The van der Waals surface area contributed by atoms with Crippen molar-refractivity contribution in [3.8, 4) is 0 Å². The average molecular weight is 345 g/mol. The van der Waals surface area contributed by atoms with Crippen molar-refractivity contribution in [2.45, 2.75) is 44.2 Å². The minimum Gasteiger partial charge on any atom is -0.381 e. The third kappa shape index (κ3) is 2.63. The summed E-state index contributed by atoms with van der Waals surface area (Å²) in [7, 11) is 0. The molecule has 25 heavy (non-hydrogen) atoms. The molecule has 0 aromatic carbocycles. The van der Waals surface area contributed by atoms with E-state index in [1.807, 2.05) is 9.47 Å². The SMILES string of the molecule is O=C(NC1CC1)c1nnc2n1CC[C@@H]1CN(C(=O)C3CCOC3)C[C@@H]21. The Hall–Kier alpha value is -1.96. The Morgan fingerprint density at radius 3 is 2.76 bits per heavy atom. The van der Waals surface area contributed by atoms with Gasteiger partial charge in [-0.3, -0.25) is 9.59 Å². The van der Waals surface area contributed by atoms with E-state index in [-0.39, 0.29) is 23.7 Å². The van der Waals surface area contributed by atoms with E-state index < -0.39 is 0 Å². The number of carbonyl (C=O) groups excluding carboxylic acids is 2. The van der Waals surface area contributed by atoms with Crippen LogP contribution in [0.2, 0.25) is 0 Å². The molecule has 0 bridgehead atoms. The third-order valence-electron chi connectivity index (χ3n) is 5.98. The first-order valence-electron chi connectivity index (χ1n) is 9.31. The lowest BCUT2D eigenvalue weighted by Crippen LogP contribution is -2.34. The van der Waals surface area contributed by atoms with Crippen molar-refractivity contribution in [3.63, 3.8) is 0 Å². The summed E-state index contributed by atoms with van der Waals surface area (Å²) < 4.78 is 7.32. The number of nitrogens with one attached hydrogen (secondary N) is 1. The fourth-order valence-electron chi connectivity index (χ4n) is 4.37. The quantitative estimate of drug-likeness (QED) is 0.842. The number of carbonyl (C=O) groups is 2. The van der Waals surface area contributed by atoms with Gasteiger partial charge in [-0.1, -0.05) is 0 Å². The Balaban J connectivity index is 1.33. The van der Waals surface area contributed by atoms with E-state index in [1.54, 1.807) is 0 Å². The molecule has 8 nitrogen and oxygen atoms in total. The van der Waals surface area contributed by atoms with Crippen molar-refractivity contribution >= 4 is 11.8 Å². The third-order valence-corrected chi connectivity index (χ3v) is 5.98. The summed E-state index contributed by atoms with van der Waals surface area (Å²) in [5, 5.41) is 11.5. The van der Waals surface area contributed by atoms with Gasteiger partial charge in [0, 0.05) is 38.2 Å². The maximum atomic E-state index is 12.7. The van der Waals surface area contributed by atoms with Crippen molar-refractivity contribution in [2.24, 2.45) is 11.8 Å². The van der Waals surface area contributed by atoms with Crippen molar-refractivity contribution in [1.29, 1.82) is 0 Å². The molecule has 0 spiro atoms. The highest BCUT2D eigenvalue weighted by atomic mass is 16.5. The molecular formula is C17H23N5O3. The van der Waals surface area contributed by atoms with Crippen molar-refractivity contribution in [2.75, 3.05) is 26.3 Å². The number of ether oxygens (including phenoxy) is 1. The van der Waals surface area contributed by atoms with E-state index in [9.17, 15) is 9.59 Å². The highest BCUT2D eigenvalue weighted by Crippen LogP contribution is 2.39. The number of likely N-dealkylation sites (tertiary alicyclic amines) is 1. The summed E-state index contributed by atoms with van der Waals surface area (Å²) in [6.45, 7) is 3.46. The number of hydrogen-bond acceptors (Lipinski definition) is 5. The van der Waals surface area contributed by atoms with Crippen LogP contribution in [0.3, 0.4) is 0 Å². The fourth-order valence-corrected chi connectivity index (χ4v) is 4.37. The molecule has 3 atom stereocenters. The fraction of sp³-hybridized carbons (Fsp3) is 0.765. The van der Waals surface area contributed by atoms with Gasteiger partial charge in [0.25, 0.3) is 5.91 Å². The summed E-state index contributed by atoms with van der Waals surface area (Å²) in [5.74, 6) is 2.01. The van der Waals surface area contributed by atoms with E-state index in [0.29, 0.717) is 37.5 Å². The zero-order chi connectivity index (χ0) is 17.0. The largest absolute Gasteiger partial charge is 0.381 e. The van der Waals surface area contributed by atoms with Crippen LogP contribution in [-0.2, 0) is 16.1 Å². The van der Waals surface area contributed by atoms with Crippen molar-refractivity contribution in [1.82, 2.24) is 25.0 Å². The molecule has 4 aliphatic rings. The molecule has 8 heteroatoms. The Morgan fingerprint density at radius 1 is 1.12 bits per heavy atom. The van der Waals surface area contributed by atoms with Gasteiger partial charge >= 0.3 is 0 Å². The number of nitrogens with zero attached hydrogens (tertiary/aromatic N) is 4. The van der Waals surface area contributed by atoms with Gasteiger partial charge in [-0.2, -0.15) is 0 Å². The van der Waals surface area contributed by atoms with Gasteiger partial charge in [0.2, 0.25) is 11.7 Å².